The SMILES string of the molecule is CCCCCCCCCCCCCCCCCCCCCCCC(=O)OC[C@H](COP(=O)(O)OC[C@@H](O)COP(=O)(O)OC[C@@H](COC(=O)CCCCCCCCCCCC)OC(=O)CCCCCCCCCCCCCCCCCC(C)C)OC(=O)CCCCCCCCCCCCCCCCCCCCCCC. The van der Waals surface area contributed by atoms with Gasteiger partial charge in [0, 0.05) is 25.7 Å². The van der Waals surface area contributed by atoms with Crippen molar-refractivity contribution in [3.05, 3.63) is 0 Å². The van der Waals surface area contributed by atoms with Crippen molar-refractivity contribution in [2.75, 3.05) is 39.6 Å². The van der Waals surface area contributed by atoms with Crippen LogP contribution in [0, 0.1) is 5.92 Å². The highest BCUT2D eigenvalue weighted by atomic mass is 31.2. The second-order valence-electron chi connectivity index (χ2n) is 33.2. The van der Waals surface area contributed by atoms with E-state index in [4.69, 9.17) is 37.0 Å². The maximum atomic E-state index is 13.2. The number of aliphatic hydroxyl groups is 1. The summed E-state index contributed by atoms with van der Waals surface area (Å²) in [7, 11) is -9.93. The van der Waals surface area contributed by atoms with Gasteiger partial charge in [0.15, 0.2) is 12.2 Å². The van der Waals surface area contributed by atoms with Crippen LogP contribution < -0.4 is 0 Å². The molecule has 5 atom stereocenters. The molecule has 0 aromatic carbocycles. The molecule has 0 saturated heterocycles. The quantitative estimate of drug-likeness (QED) is 0.0222. The van der Waals surface area contributed by atoms with Gasteiger partial charge in [-0.1, -0.05) is 446 Å². The molecule has 0 amide bonds. The van der Waals surface area contributed by atoms with Crippen LogP contribution in [0.1, 0.15) is 497 Å². The third kappa shape index (κ3) is 84.0. The topological polar surface area (TPSA) is 237 Å². The monoisotopic (exact) mass is 1610 g/mol. The lowest BCUT2D eigenvalue weighted by atomic mass is 10.0. The van der Waals surface area contributed by atoms with Crippen LogP contribution in [-0.4, -0.2) is 96.7 Å². The van der Waals surface area contributed by atoms with Crippen LogP contribution in [0.3, 0.4) is 0 Å². The van der Waals surface area contributed by atoms with Crippen molar-refractivity contribution in [2.45, 2.75) is 515 Å². The molecule has 0 fully saturated rings. The van der Waals surface area contributed by atoms with Crippen molar-refractivity contribution in [1.82, 2.24) is 0 Å². The Bertz CT molecular complexity index is 2080. The van der Waals surface area contributed by atoms with Crippen LogP contribution in [0.4, 0.5) is 0 Å². The molecule has 17 nitrogen and oxygen atoms in total. The number of hydrogen-bond acceptors (Lipinski definition) is 15. The second kappa shape index (κ2) is 83.5. The standard InChI is InChI=1S/C91H178O17P2/c1-6-9-12-15-18-21-24-26-28-30-32-34-36-38-42-46-50-55-60-65-70-75-89(94)102-81-87(108-91(96)76-71-66-61-56-51-47-43-39-37-35-33-31-29-27-25-22-19-16-13-10-7-2)83-106-110(99,100)104-79-85(92)78-103-109(97,98)105-82-86(80-101-88(93)74-69-64-59-54-23-20-17-14-11-8-3)107-90(95)77-72-67-62-57-52-48-44-40-41-45-49-53-58-63-68-73-84(4)5/h84-87,92H,6-83H2,1-5H3,(H,97,98)(H,99,100)/t85-,86+,87+/m0/s1. The molecule has 0 bridgehead atoms. The first-order chi connectivity index (χ1) is 53.5. The van der Waals surface area contributed by atoms with Crippen molar-refractivity contribution < 1.29 is 80.2 Å². The first kappa shape index (κ1) is 108. The van der Waals surface area contributed by atoms with E-state index in [9.17, 15) is 43.2 Å². The zero-order valence-electron chi connectivity index (χ0n) is 72.4. The molecule has 110 heavy (non-hydrogen) atoms. The maximum absolute atomic E-state index is 13.2. The Labute approximate surface area is 677 Å². The molecule has 3 N–H and O–H groups in total. The molecule has 0 aliphatic heterocycles. The van der Waals surface area contributed by atoms with Crippen LogP contribution >= 0.6 is 15.6 Å². The summed E-state index contributed by atoms with van der Waals surface area (Å²) in [5, 5.41) is 10.7. The number of rotatable bonds is 91. The summed E-state index contributed by atoms with van der Waals surface area (Å²) in [5.41, 5.74) is 0. The summed E-state index contributed by atoms with van der Waals surface area (Å²) in [6, 6.07) is 0. The first-order valence-corrected chi connectivity index (χ1v) is 50.1. The van der Waals surface area contributed by atoms with E-state index in [1.54, 1.807) is 0 Å². The molecule has 0 aliphatic rings. The van der Waals surface area contributed by atoms with Gasteiger partial charge >= 0.3 is 39.5 Å². The van der Waals surface area contributed by atoms with Gasteiger partial charge in [-0.2, -0.15) is 0 Å². The molecule has 0 saturated carbocycles. The third-order valence-corrected chi connectivity index (χ3v) is 23.4. The molecular weight excluding hydrogens is 1430 g/mol. The van der Waals surface area contributed by atoms with E-state index in [2.05, 4.69) is 34.6 Å². The lowest BCUT2D eigenvalue weighted by molar-refractivity contribution is -0.161. The average Bonchev–Trinajstić information content (AvgIpc) is 0.897. The maximum Gasteiger partial charge on any atom is 0.472 e. The number of esters is 4. The summed E-state index contributed by atoms with van der Waals surface area (Å²) in [5.74, 6) is -1.29. The molecule has 0 rings (SSSR count). The third-order valence-electron chi connectivity index (χ3n) is 21.5. The minimum atomic E-state index is -4.97. The van der Waals surface area contributed by atoms with Gasteiger partial charge in [-0.3, -0.25) is 37.3 Å². The second-order valence-corrected chi connectivity index (χ2v) is 36.1. The molecule has 2 unspecified atom stereocenters. The highest BCUT2D eigenvalue weighted by Crippen LogP contribution is 2.45. The molecule has 0 aromatic heterocycles. The molecule has 0 radical (unpaired) electrons. The number of phosphoric acid groups is 2. The summed E-state index contributed by atoms with van der Waals surface area (Å²) < 4.78 is 69.0. The minimum absolute atomic E-state index is 0.108. The smallest absolute Gasteiger partial charge is 0.462 e. The fourth-order valence-electron chi connectivity index (χ4n) is 14.4. The zero-order valence-corrected chi connectivity index (χ0v) is 74.2. The number of carbonyl (C=O) groups is 4. The average molecular weight is 1610 g/mol. The van der Waals surface area contributed by atoms with Gasteiger partial charge in [0.1, 0.15) is 19.3 Å². The predicted octanol–water partition coefficient (Wildman–Crippen LogP) is 28.3. The minimum Gasteiger partial charge on any atom is -0.462 e. The molecule has 654 valence electrons. The van der Waals surface area contributed by atoms with Gasteiger partial charge in [0.25, 0.3) is 0 Å². The van der Waals surface area contributed by atoms with Gasteiger partial charge in [-0.25, -0.2) is 9.13 Å². The largest absolute Gasteiger partial charge is 0.472 e. The Balaban J connectivity index is 5.21. The van der Waals surface area contributed by atoms with E-state index >= 15 is 0 Å². The number of phosphoric ester groups is 2. The lowest BCUT2D eigenvalue weighted by Gasteiger charge is -2.21. The highest BCUT2D eigenvalue weighted by molar-refractivity contribution is 7.47. The fourth-order valence-corrected chi connectivity index (χ4v) is 15.9. The zero-order chi connectivity index (χ0) is 80.4. The Morgan fingerprint density at radius 1 is 0.245 bits per heavy atom. The normalized spacial score (nSPS) is 13.7. The van der Waals surface area contributed by atoms with Gasteiger partial charge in [-0.05, 0) is 31.6 Å². The van der Waals surface area contributed by atoms with Crippen molar-refractivity contribution >= 4 is 39.5 Å². The Hall–Kier alpha value is -1.94. The predicted molar refractivity (Wildman–Crippen MR) is 455 cm³/mol. The summed E-state index contributed by atoms with van der Waals surface area (Å²) in [4.78, 5) is 73.4. The van der Waals surface area contributed by atoms with E-state index in [-0.39, 0.29) is 25.7 Å². The van der Waals surface area contributed by atoms with Crippen LogP contribution in [-0.2, 0) is 65.4 Å². The summed E-state index contributed by atoms with van der Waals surface area (Å²) in [6.07, 6.45) is 79.3. The van der Waals surface area contributed by atoms with Crippen LogP contribution in [0.25, 0.3) is 0 Å². The van der Waals surface area contributed by atoms with Gasteiger partial charge in [0.05, 0.1) is 26.4 Å². The number of unbranched alkanes of at least 4 members (excludes halogenated alkanes) is 63. The van der Waals surface area contributed by atoms with E-state index in [0.29, 0.717) is 25.7 Å². The van der Waals surface area contributed by atoms with Crippen molar-refractivity contribution in [3.63, 3.8) is 0 Å². The van der Waals surface area contributed by atoms with Crippen LogP contribution in [0.5, 0.6) is 0 Å². The van der Waals surface area contributed by atoms with E-state index in [1.807, 2.05) is 0 Å². The molecule has 19 heteroatoms. The summed E-state index contributed by atoms with van der Waals surface area (Å²) in [6.45, 7) is 7.41. The molecule has 0 aliphatic carbocycles. The number of carbonyl (C=O) groups excluding carboxylic acids is 4. The molecule has 0 aromatic rings. The van der Waals surface area contributed by atoms with E-state index in [0.717, 1.165) is 95.8 Å². The van der Waals surface area contributed by atoms with Crippen LogP contribution in [0.15, 0.2) is 0 Å². The fraction of sp³-hybridized carbons (Fsp3) is 0.956. The Morgan fingerprint density at radius 3 is 0.618 bits per heavy atom. The van der Waals surface area contributed by atoms with Crippen molar-refractivity contribution in [1.29, 1.82) is 0 Å². The molecular formula is C91H178O17P2. The number of ether oxygens (including phenoxy) is 4. The summed E-state index contributed by atoms with van der Waals surface area (Å²) >= 11 is 0. The molecule has 0 heterocycles. The molecule has 0 spiro atoms. The van der Waals surface area contributed by atoms with E-state index < -0.39 is 97.5 Å². The van der Waals surface area contributed by atoms with Crippen molar-refractivity contribution in [2.24, 2.45) is 5.92 Å². The van der Waals surface area contributed by atoms with Crippen LogP contribution in [0.2, 0.25) is 0 Å². The first-order valence-electron chi connectivity index (χ1n) is 47.1. The number of hydrogen-bond donors (Lipinski definition) is 3. The number of aliphatic hydroxyl groups excluding tert-OH is 1. The highest BCUT2D eigenvalue weighted by Gasteiger charge is 2.31. The van der Waals surface area contributed by atoms with Crippen molar-refractivity contribution in [3.8, 4) is 0 Å². The Morgan fingerprint density at radius 2 is 0.418 bits per heavy atom. The lowest BCUT2D eigenvalue weighted by Crippen LogP contribution is -2.30. The van der Waals surface area contributed by atoms with Gasteiger partial charge in [0.2, 0.25) is 0 Å². The Kier molecular flexibility index (Phi) is 82.1. The van der Waals surface area contributed by atoms with E-state index in [1.165, 1.54) is 321 Å². The van der Waals surface area contributed by atoms with Gasteiger partial charge < -0.3 is 33.8 Å². The van der Waals surface area contributed by atoms with Gasteiger partial charge in [-0.15, -0.1) is 0 Å².